The summed E-state index contributed by atoms with van der Waals surface area (Å²) in [7, 11) is 1.64. The SMILES string of the molecule is COc1ccc(CC2CCCN2C(=O)CN2C(=O)NC3(CCCC3)C2=O)cc1. The van der Waals surface area contributed by atoms with Crippen molar-refractivity contribution >= 4 is 17.8 Å². The van der Waals surface area contributed by atoms with Crippen molar-refractivity contribution in [2.24, 2.45) is 0 Å². The van der Waals surface area contributed by atoms with Crippen LogP contribution in [0.2, 0.25) is 0 Å². The van der Waals surface area contributed by atoms with E-state index in [4.69, 9.17) is 4.74 Å². The van der Waals surface area contributed by atoms with Gasteiger partial charge in [0.25, 0.3) is 5.91 Å². The molecule has 28 heavy (non-hydrogen) atoms. The van der Waals surface area contributed by atoms with Crippen molar-refractivity contribution in [3.8, 4) is 5.75 Å². The van der Waals surface area contributed by atoms with Crippen LogP contribution < -0.4 is 10.1 Å². The van der Waals surface area contributed by atoms with Crippen LogP contribution in [0.1, 0.15) is 44.1 Å². The van der Waals surface area contributed by atoms with Crippen LogP contribution in [0.25, 0.3) is 0 Å². The van der Waals surface area contributed by atoms with Gasteiger partial charge in [-0.25, -0.2) is 4.79 Å². The van der Waals surface area contributed by atoms with Gasteiger partial charge in [0.1, 0.15) is 17.8 Å². The molecular weight excluding hydrogens is 358 g/mol. The zero-order valence-corrected chi connectivity index (χ0v) is 16.3. The van der Waals surface area contributed by atoms with Crippen molar-refractivity contribution in [2.75, 3.05) is 20.2 Å². The average Bonchev–Trinajstić information content (AvgIpc) is 3.40. The molecule has 150 valence electrons. The van der Waals surface area contributed by atoms with Gasteiger partial charge in [-0.2, -0.15) is 0 Å². The van der Waals surface area contributed by atoms with E-state index in [9.17, 15) is 14.4 Å². The van der Waals surface area contributed by atoms with Gasteiger partial charge in [-0.15, -0.1) is 0 Å². The Morgan fingerprint density at radius 3 is 2.57 bits per heavy atom. The van der Waals surface area contributed by atoms with Crippen LogP contribution in [-0.4, -0.2) is 59.4 Å². The lowest BCUT2D eigenvalue weighted by Gasteiger charge is -2.27. The number of carbonyl (C=O) groups excluding carboxylic acids is 3. The van der Waals surface area contributed by atoms with Gasteiger partial charge in [0.15, 0.2) is 0 Å². The summed E-state index contributed by atoms with van der Waals surface area (Å²) in [5.74, 6) is 0.436. The van der Waals surface area contributed by atoms with Crippen molar-refractivity contribution in [2.45, 2.75) is 56.5 Å². The molecule has 0 aromatic heterocycles. The molecule has 1 aliphatic carbocycles. The highest BCUT2D eigenvalue weighted by molar-refractivity contribution is 6.09. The maximum Gasteiger partial charge on any atom is 0.325 e. The molecule has 1 aromatic carbocycles. The lowest BCUT2D eigenvalue weighted by Crippen LogP contribution is -2.47. The molecule has 2 aliphatic heterocycles. The number of imide groups is 1. The molecule has 1 saturated carbocycles. The monoisotopic (exact) mass is 385 g/mol. The Bertz CT molecular complexity index is 770. The number of methoxy groups -OCH3 is 1. The fourth-order valence-electron chi connectivity index (χ4n) is 4.77. The third-order valence-electron chi connectivity index (χ3n) is 6.32. The minimum atomic E-state index is -0.759. The highest BCUT2D eigenvalue weighted by atomic mass is 16.5. The minimum absolute atomic E-state index is 0.0992. The second-order valence-corrected chi connectivity index (χ2v) is 8.05. The summed E-state index contributed by atoms with van der Waals surface area (Å²) in [5.41, 5.74) is 0.385. The van der Waals surface area contributed by atoms with Crippen LogP contribution in [0, 0.1) is 0 Å². The molecule has 1 N–H and O–H groups in total. The first-order valence-corrected chi connectivity index (χ1v) is 10.1. The molecule has 1 aromatic rings. The summed E-state index contributed by atoms with van der Waals surface area (Å²) in [6.07, 6.45) is 5.85. The number of ether oxygens (including phenoxy) is 1. The van der Waals surface area contributed by atoms with Crippen molar-refractivity contribution < 1.29 is 19.1 Å². The highest BCUT2D eigenvalue weighted by Crippen LogP contribution is 2.35. The Hall–Kier alpha value is -2.57. The highest BCUT2D eigenvalue weighted by Gasteiger charge is 2.53. The molecule has 0 radical (unpaired) electrons. The summed E-state index contributed by atoms with van der Waals surface area (Å²) in [5, 5.41) is 2.84. The van der Waals surface area contributed by atoms with E-state index in [1.165, 1.54) is 0 Å². The van der Waals surface area contributed by atoms with E-state index in [-0.39, 0.29) is 24.4 Å². The first-order chi connectivity index (χ1) is 13.5. The second-order valence-electron chi connectivity index (χ2n) is 8.05. The maximum atomic E-state index is 12.9. The lowest BCUT2D eigenvalue weighted by molar-refractivity contribution is -0.139. The number of likely N-dealkylation sites (tertiary alicyclic amines) is 1. The van der Waals surface area contributed by atoms with Crippen LogP contribution in [0.3, 0.4) is 0 Å². The topological polar surface area (TPSA) is 79.0 Å². The van der Waals surface area contributed by atoms with Gasteiger partial charge in [0.05, 0.1) is 7.11 Å². The smallest absolute Gasteiger partial charge is 0.325 e. The maximum absolute atomic E-state index is 12.9. The van der Waals surface area contributed by atoms with Crippen LogP contribution >= 0.6 is 0 Å². The van der Waals surface area contributed by atoms with E-state index < -0.39 is 11.6 Å². The van der Waals surface area contributed by atoms with E-state index in [2.05, 4.69) is 5.32 Å². The van der Waals surface area contributed by atoms with Gasteiger partial charge < -0.3 is 15.0 Å². The zero-order valence-electron chi connectivity index (χ0n) is 16.3. The molecule has 1 unspecified atom stereocenters. The van der Waals surface area contributed by atoms with Crippen molar-refractivity contribution in [1.29, 1.82) is 0 Å². The van der Waals surface area contributed by atoms with Gasteiger partial charge in [-0.1, -0.05) is 25.0 Å². The van der Waals surface area contributed by atoms with Gasteiger partial charge in [0.2, 0.25) is 5.91 Å². The molecular formula is C21H27N3O4. The molecule has 1 spiro atoms. The van der Waals surface area contributed by atoms with Crippen molar-refractivity contribution in [1.82, 2.24) is 15.1 Å². The number of hydrogen-bond acceptors (Lipinski definition) is 4. The molecule has 3 aliphatic rings. The number of rotatable bonds is 5. The number of nitrogens with one attached hydrogen (secondary N) is 1. The lowest BCUT2D eigenvalue weighted by atomic mass is 9.98. The zero-order chi connectivity index (χ0) is 19.7. The standard InChI is InChI=1S/C21H27N3O4/c1-28-17-8-6-15(7-9-17)13-16-5-4-12-23(16)18(25)14-24-19(26)21(22-20(24)27)10-2-3-11-21/h6-9,16H,2-5,10-14H2,1H3,(H,22,27). The molecule has 2 heterocycles. The predicted molar refractivity (Wildman–Crippen MR) is 103 cm³/mol. The number of benzene rings is 1. The largest absolute Gasteiger partial charge is 0.497 e. The van der Waals surface area contributed by atoms with E-state index in [1.807, 2.05) is 29.2 Å². The molecule has 4 amide bonds. The first kappa shape index (κ1) is 18.8. The number of nitrogens with zero attached hydrogens (tertiary/aromatic N) is 2. The van der Waals surface area contributed by atoms with Crippen molar-refractivity contribution in [3.63, 3.8) is 0 Å². The molecule has 0 bridgehead atoms. The molecule has 2 saturated heterocycles. The summed E-state index contributed by atoms with van der Waals surface area (Å²) in [6, 6.07) is 7.55. The quantitative estimate of drug-likeness (QED) is 0.788. The van der Waals surface area contributed by atoms with Crippen LogP contribution in [-0.2, 0) is 16.0 Å². The van der Waals surface area contributed by atoms with Crippen LogP contribution in [0.5, 0.6) is 5.75 Å². The van der Waals surface area contributed by atoms with Gasteiger partial charge in [-0.3, -0.25) is 14.5 Å². The summed E-state index contributed by atoms with van der Waals surface area (Å²) >= 11 is 0. The molecule has 7 nitrogen and oxygen atoms in total. The van der Waals surface area contributed by atoms with Crippen LogP contribution in [0.4, 0.5) is 4.79 Å². The Morgan fingerprint density at radius 1 is 1.18 bits per heavy atom. The third kappa shape index (κ3) is 3.34. The van der Waals surface area contributed by atoms with Gasteiger partial charge >= 0.3 is 6.03 Å². The fourth-order valence-corrected chi connectivity index (χ4v) is 4.77. The average molecular weight is 385 g/mol. The minimum Gasteiger partial charge on any atom is -0.497 e. The fraction of sp³-hybridized carbons (Fsp3) is 0.571. The Kier molecular flexibility index (Phi) is 5.00. The molecule has 3 fully saturated rings. The normalized spacial score (nSPS) is 23.5. The number of hydrogen-bond donors (Lipinski definition) is 1. The van der Waals surface area contributed by atoms with Crippen molar-refractivity contribution in [3.05, 3.63) is 29.8 Å². The van der Waals surface area contributed by atoms with Crippen LogP contribution in [0.15, 0.2) is 24.3 Å². The van der Waals surface area contributed by atoms with E-state index in [0.29, 0.717) is 19.4 Å². The number of amides is 4. The van der Waals surface area contributed by atoms with Gasteiger partial charge in [0, 0.05) is 12.6 Å². The van der Waals surface area contributed by atoms with E-state index in [1.54, 1.807) is 7.11 Å². The molecule has 1 atom stereocenters. The Labute approximate surface area is 165 Å². The summed E-state index contributed by atoms with van der Waals surface area (Å²) in [4.78, 5) is 41.0. The van der Waals surface area contributed by atoms with E-state index >= 15 is 0 Å². The molecule has 7 heteroatoms. The van der Waals surface area contributed by atoms with Gasteiger partial charge in [-0.05, 0) is 49.8 Å². The third-order valence-corrected chi connectivity index (χ3v) is 6.32. The second kappa shape index (κ2) is 7.45. The first-order valence-electron chi connectivity index (χ1n) is 10.1. The number of carbonyl (C=O) groups is 3. The summed E-state index contributed by atoms with van der Waals surface area (Å²) < 4.78 is 5.19. The molecule has 4 rings (SSSR count). The Balaban J connectivity index is 1.40. The number of urea groups is 1. The Morgan fingerprint density at radius 2 is 1.89 bits per heavy atom. The predicted octanol–water partition coefficient (Wildman–Crippen LogP) is 2.09. The van der Waals surface area contributed by atoms with E-state index in [0.717, 1.165) is 48.3 Å². The summed E-state index contributed by atoms with van der Waals surface area (Å²) in [6.45, 7) is 0.514.